The molecule has 6 heteroatoms. The predicted octanol–water partition coefficient (Wildman–Crippen LogP) is 3.44. The Bertz CT molecular complexity index is 411. The first-order valence-corrected chi connectivity index (χ1v) is 11.6. The first kappa shape index (κ1) is 31.4. The summed E-state index contributed by atoms with van der Waals surface area (Å²) in [6.45, 7) is 18.3. The summed E-state index contributed by atoms with van der Waals surface area (Å²) in [5.41, 5.74) is 0.395. The van der Waals surface area contributed by atoms with E-state index in [9.17, 15) is 9.59 Å². The van der Waals surface area contributed by atoms with Gasteiger partial charge in [0.05, 0.1) is 12.1 Å². The van der Waals surface area contributed by atoms with E-state index in [2.05, 4.69) is 62.8 Å². The van der Waals surface area contributed by atoms with Crippen molar-refractivity contribution < 1.29 is 9.59 Å². The molecule has 30 heavy (non-hydrogen) atoms. The van der Waals surface area contributed by atoms with Gasteiger partial charge in [0.25, 0.3) is 0 Å². The van der Waals surface area contributed by atoms with E-state index < -0.39 is 0 Å². The van der Waals surface area contributed by atoms with Crippen molar-refractivity contribution in [1.82, 2.24) is 21.3 Å². The van der Waals surface area contributed by atoms with Crippen LogP contribution in [0.5, 0.6) is 0 Å². The van der Waals surface area contributed by atoms with Gasteiger partial charge in [0.1, 0.15) is 11.6 Å². The van der Waals surface area contributed by atoms with E-state index in [-0.39, 0.29) is 34.7 Å². The van der Waals surface area contributed by atoms with Crippen molar-refractivity contribution in [1.29, 1.82) is 0 Å². The molecule has 0 bridgehead atoms. The second-order valence-corrected chi connectivity index (χ2v) is 10.2. The number of likely N-dealkylation sites (N-methyl/N-ethyl adjacent to an activating group) is 2. The molecule has 0 radical (unpaired) electrons. The lowest BCUT2D eigenvalue weighted by atomic mass is 10.1. The van der Waals surface area contributed by atoms with Gasteiger partial charge in [0.15, 0.2) is 0 Å². The van der Waals surface area contributed by atoms with Crippen LogP contribution in [0.15, 0.2) is 0 Å². The molecular weight excluding hydrogens is 376 g/mol. The van der Waals surface area contributed by atoms with Gasteiger partial charge in [-0.05, 0) is 108 Å². The van der Waals surface area contributed by atoms with E-state index in [4.69, 9.17) is 0 Å². The number of Topliss-reactive ketones (excluding diaryl/α,β-unsaturated/α-hetero) is 2. The zero-order valence-corrected chi connectivity index (χ0v) is 21.6. The fourth-order valence-electron chi connectivity index (χ4n) is 2.98. The zero-order valence-electron chi connectivity index (χ0n) is 21.6. The van der Waals surface area contributed by atoms with Gasteiger partial charge in [-0.2, -0.15) is 0 Å². The van der Waals surface area contributed by atoms with E-state index in [1.807, 2.05) is 14.1 Å². The molecule has 4 N–H and O–H groups in total. The summed E-state index contributed by atoms with van der Waals surface area (Å²) < 4.78 is 0. The van der Waals surface area contributed by atoms with Crippen LogP contribution < -0.4 is 21.3 Å². The molecule has 0 aliphatic rings. The monoisotopic (exact) mass is 428 g/mol. The third-order valence-corrected chi connectivity index (χ3v) is 4.83. The van der Waals surface area contributed by atoms with Crippen LogP contribution in [0.25, 0.3) is 0 Å². The summed E-state index contributed by atoms with van der Waals surface area (Å²) in [5.74, 6) is 0.475. The zero-order chi connectivity index (χ0) is 23.8. The maximum absolute atomic E-state index is 11.1. The van der Waals surface area contributed by atoms with Crippen molar-refractivity contribution in [2.75, 3.05) is 27.2 Å². The van der Waals surface area contributed by atoms with Gasteiger partial charge >= 0.3 is 0 Å². The minimum Gasteiger partial charge on any atom is -0.312 e. The highest BCUT2D eigenvalue weighted by Crippen LogP contribution is 2.04. The Morgan fingerprint density at radius 2 is 0.933 bits per heavy atom. The van der Waals surface area contributed by atoms with Crippen LogP contribution in [0, 0.1) is 0 Å². The Kier molecular flexibility index (Phi) is 17.6. The Morgan fingerprint density at radius 1 is 0.633 bits per heavy atom. The molecule has 0 amide bonds. The molecule has 0 rings (SSSR count). The molecule has 0 aliphatic heterocycles. The van der Waals surface area contributed by atoms with Gasteiger partial charge in [-0.1, -0.05) is 12.8 Å². The summed E-state index contributed by atoms with van der Waals surface area (Å²) in [4.78, 5) is 22.2. The lowest BCUT2D eigenvalue weighted by Crippen LogP contribution is -2.36. The van der Waals surface area contributed by atoms with Crippen LogP contribution in [0.1, 0.15) is 93.9 Å². The average molecular weight is 429 g/mol. The first-order valence-electron chi connectivity index (χ1n) is 11.6. The SMILES string of the molecule is CNC(CCCCNC(C)(C)C)C(C)=O.CN[C@@H](CCCCNC(C)(C)C)C(C)=O. The summed E-state index contributed by atoms with van der Waals surface area (Å²) in [6.07, 6.45) is 6.32. The second kappa shape index (κ2) is 16.8. The van der Waals surface area contributed by atoms with Crippen molar-refractivity contribution in [3.63, 3.8) is 0 Å². The fraction of sp³-hybridized carbons (Fsp3) is 0.917. The van der Waals surface area contributed by atoms with E-state index in [0.29, 0.717) is 0 Å². The van der Waals surface area contributed by atoms with E-state index in [1.54, 1.807) is 13.8 Å². The third kappa shape index (κ3) is 21.9. The van der Waals surface area contributed by atoms with E-state index >= 15 is 0 Å². The highest BCUT2D eigenvalue weighted by atomic mass is 16.1. The molecule has 0 heterocycles. The fourth-order valence-corrected chi connectivity index (χ4v) is 2.98. The number of rotatable bonds is 14. The number of unbranched alkanes of at least 4 members (excludes halogenated alkanes) is 2. The van der Waals surface area contributed by atoms with Crippen LogP contribution >= 0.6 is 0 Å². The summed E-state index contributed by atoms with van der Waals surface area (Å²) in [5, 5.41) is 13.0. The highest BCUT2D eigenvalue weighted by molar-refractivity contribution is 5.81. The van der Waals surface area contributed by atoms with E-state index in [1.165, 1.54) is 0 Å². The first-order chi connectivity index (χ1) is 13.7. The summed E-state index contributed by atoms with van der Waals surface area (Å²) in [7, 11) is 3.69. The largest absolute Gasteiger partial charge is 0.312 e. The normalized spacial score (nSPS) is 13.9. The van der Waals surface area contributed by atoms with Gasteiger partial charge in [-0.15, -0.1) is 0 Å². The molecule has 0 saturated carbocycles. The van der Waals surface area contributed by atoms with Gasteiger partial charge in [-0.3, -0.25) is 9.59 Å². The minimum absolute atomic E-state index is 0.0413. The second-order valence-electron chi connectivity index (χ2n) is 10.2. The number of carbonyl (C=O) groups is 2. The Labute approximate surface area is 187 Å². The lowest BCUT2D eigenvalue weighted by molar-refractivity contribution is -0.119. The van der Waals surface area contributed by atoms with E-state index in [0.717, 1.165) is 51.6 Å². The lowest BCUT2D eigenvalue weighted by Gasteiger charge is -2.20. The molecule has 0 aliphatic carbocycles. The molecule has 0 saturated heterocycles. The van der Waals surface area contributed by atoms with Crippen molar-refractivity contribution in [2.24, 2.45) is 0 Å². The maximum Gasteiger partial charge on any atom is 0.146 e. The Morgan fingerprint density at radius 3 is 1.13 bits per heavy atom. The number of ketones is 2. The minimum atomic E-state index is 0.0413. The van der Waals surface area contributed by atoms with Crippen LogP contribution in [-0.2, 0) is 9.59 Å². The van der Waals surface area contributed by atoms with Crippen LogP contribution in [-0.4, -0.2) is 61.9 Å². The number of nitrogens with one attached hydrogen (secondary N) is 4. The molecular formula is C24H52N4O2. The smallest absolute Gasteiger partial charge is 0.146 e. The van der Waals surface area contributed by atoms with Crippen molar-refractivity contribution >= 4 is 11.6 Å². The van der Waals surface area contributed by atoms with Gasteiger partial charge in [0, 0.05) is 11.1 Å². The molecule has 0 aromatic carbocycles. The molecule has 0 aromatic rings. The molecule has 0 aromatic heterocycles. The topological polar surface area (TPSA) is 82.3 Å². The van der Waals surface area contributed by atoms with Gasteiger partial charge < -0.3 is 21.3 Å². The number of hydrogen-bond acceptors (Lipinski definition) is 6. The maximum atomic E-state index is 11.1. The summed E-state index contributed by atoms with van der Waals surface area (Å²) >= 11 is 0. The van der Waals surface area contributed by atoms with Crippen LogP contribution in [0.2, 0.25) is 0 Å². The molecule has 180 valence electrons. The number of hydrogen-bond donors (Lipinski definition) is 4. The molecule has 1 unspecified atom stereocenters. The average Bonchev–Trinajstić information content (AvgIpc) is 2.59. The van der Waals surface area contributed by atoms with Crippen LogP contribution in [0.4, 0.5) is 0 Å². The molecule has 2 atom stereocenters. The van der Waals surface area contributed by atoms with Crippen molar-refractivity contribution in [3.05, 3.63) is 0 Å². The molecule has 0 fully saturated rings. The quantitative estimate of drug-likeness (QED) is 0.317. The number of carbonyl (C=O) groups excluding carboxylic acids is 2. The van der Waals surface area contributed by atoms with Crippen molar-refractivity contribution in [2.45, 2.75) is 117 Å². The molecule has 0 spiro atoms. The highest BCUT2D eigenvalue weighted by Gasteiger charge is 2.12. The molecule has 6 nitrogen and oxygen atoms in total. The Balaban J connectivity index is 0. The van der Waals surface area contributed by atoms with Gasteiger partial charge in [0.2, 0.25) is 0 Å². The standard InChI is InChI=1S/2C12H26N2O/c2*1-10(15)11(13-5)8-6-7-9-14-12(2,3)4/h2*11,13-14H,6-9H2,1-5H3/t11-;/m0./s1. The Hall–Kier alpha value is -0.820. The van der Waals surface area contributed by atoms with Gasteiger partial charge in [-0.25, -0.2) is 0 Å². The predicted molar refractivity (Wildman–Crippen MR) is 130 cm³/mol. The van der Waals surface area contributed by atoms with Crippen LogP contribution in [0.3, 0.4) is 0 Å². The van der Waals surface area contributed by atoms with Crippen molar-refractivity contribution in [3.8, 4) is 0 Å². The summed E-state index contributed by atoms with van der Waals surface area (Å²) in [6, 6.07) is 0.0827. The third-order valence-electron chi connectivity index (χ3n) is 4.83.